The van der Waals surface area contributed by atoms with E-state index < -0.39 is 0 Å². The van der Waals surface area contributed by atoms with Crippen molar-refractivity contribution in [3.05, 3.63) is 46.7 Å². The molecule has 146 valence electrons. The summed E-state index contributed by atoms with van der Waals surface area (Å²) in [5.41, 5.74) is 2.16. The number of carbonyl (C=O) groups excluding carboxylic acids is 2. The Hall–Kier alpha value is -2.34. The summed E-state index contributed by atoms with van der Waals surface area (Å²) in [5, 5.41) is 5.06. The molecule has 0 saturated carbocycles. The maximum atomic E-state index is 13.0. The first kappa shape index (κ1) is 21.0. The normalized spacial score (nSPS) is 10.9. The van der Waals surface area contributed by atoms with E-state index in [1.54, 1.807) is 35.0 Å². The van der Waals surface area contributed by atoms with Gasteiger partial charge >= 0.3 is 0 Å². The minimum Gasteiger partial charge on any atom is -0.342 e. The highest BCUT2D eigenvalue weighted by molar-refractivity contribution is 6.30. The van der Waals surface area contributed by atoms with Gasteiger partial charge in [-0.1, -0.05) is 25.4 Å². The van der Waals surface area contributed by atoms with Crippen LogP contribution in [0.25, 0.3) is 5.69 Å². The van der Waals surface area contributed by atoms with Crippen LogP contribution >= 0.6 is 11.6 Å². The van der Waals surface area contributed by atoms with Gasteiger partial charge in [0, 0.05) is 25.2 Å². The topological polar surface area (TPSA) is 58.4 Å². The summed E-state index contributed by atoms with van der Waals surface area (Å²) in [6, 6.07) is 7.31. The molecule has 0 N–H and O–H groups in total. The molecule has 2 aromatic rings. The fraction of sp³-hybridized carbons (Fsp3) is 0.450. The second kappa shape index (κ2) is 9.04. The molecule has 7 heteroatoms. The zero-order chi connectivity index (χ0) is 20.1. The van der Waals surface area contributed by atoms with Gasteiger partial charge in [-0.05, 0) is 44.0 Å². The Bertz CT molecular complexity index is 795. The van der Waals surface area contributed by atoms with E-state index >= 15 is 0 Å². The zero-order valence-corrected chi connectivity index (χ0v) is 17.3. The molecule has 1 aromatic carbocycles. The minimum absolute atomic E-state index is 0.0458. The van der Waals surface area contributed by atoms with E-state index in [1.165, 1.54) is 4.90 Å². The smallest absolute Gasteiger partial charge is 0.257 e. The second-order valence-corrected chi connectivity index (χ2v) is 7.15. The molecule has 2 rings (SSSR count). The van der Waals surface area contributed by atoms with Crippen molar-refractivity contribution in [1.82, 2.24) is 19.6 Å². The molecule has 0 bridgehead atoms. The molecule has 1 heterocycles. The molecule has 1 aromatic heterocycles. The molecule has 27 heavy (non-hydrogen) atoms. The summed E-state index contributed by atoms with van der Waals surface area (Å²) in [7, 11) is 1.65. The standard InChI is InChI=1S/C20H27ClN4O2/c1-6-24(7-2)18(26)13-23(5)20(27)17-12-22-25(19(17)14(3)4)16-10-8-15(21)9-11-16/h8-12,14H,6-7,13H2,1-5H3. The van der Waals surface area contributed by atoms with E-state index in [-0.39, 0.29) is 24.3 Å². The van der Waals surface area contributed by atoms with E-state index in [2.05, 4.69) is 5.10 Å². The molecule has 0 spiro atoms. The van der Waals surface area contributed by atoms with E-state index in [1.807, 2.05) is 39.8 Å². The van der Waals surface area contributed by atoms with Crippen LogP contribution in [-0.4, -0.2) is 58.1 Å². The zero-order valence-electron chi connectivity index (χ0n) is 16.6. The molecule has 0 atom stereocenters. The summed E-state index contributed by atoms with van der Waals surface area (Å²) in [4.78, 5) is 28.5. The van der Waals surface area contributed by atoms with Crippen LogP contribution in [0.3, 0.4) is 0 Å². The molecule has 0 saturated heterocycles. The number of hydrogen-bond acceptors (Lipinski definition) is 3. The molecular formula is C20H27ClN4O2. The number of carbonyl (C=O) groups is 2. The number of likely N-dealkylation sites (N-methyl/N-ethyl adjacent to an activating group) is 2. The molecule has 0 aliphatic heterocycles. The third-order valence-electron chi connectivity index (χ3n) is 4.49. The monoisotopic (exact) mass is 390 g/mol. The predicted molar refractivity (Wildman–Crippen MR) is 108 cm³/mol. The number of halogens is 1. The van der Waals surface area contributed by atoms with Gasteiger partial charge in [-0.2, -0.15) is 5.10 Å². The highest BCUT2D eigenvalue weighted by Gasteiger charge is 2.25. The van der Waals surface area contributed by atoms with Gasteiger partial charge in [-0.15, -0.1) is 0 Å². The van der Waals surface area contributed by atoms with Crippen LogP contribution in [0.1, 0.15) is 49.7 Å². The third kappa shape index (κ3) is 4.69. The van der Waals surface area contributed by atoms with Crippen molar-refractivity contribution in [2.75, 3.05) is 26.7 Å². The molecule has 0 unspecified atom stereocenters. The molecule has 0 fully saturated rings. The van der Waals surface area contributed by atoms with Crippen molar-refractivity contribution in [2.45, 2.75) is 33.6 Å². The Morgan fingerprint density at radius 2 is 1.74 bits per heavy atom. The van der Waals surface area contributed by atoms with Crippen molar-refractivity contribution < 1.29 is 9.59 Å². The lowest BCUT2D eigenvalue weighted by Gasteiger charge is -2.23. The lowest BCUT2D eigenvalue weighted by Crippen LogP contribution is -2.41. The van der Waals surface area contributed by atoms with Gasteiger partial charge in [0.05, 0.1) is 29.7 Å². The molecule has 2 amide bonds. The van der Waals surface area contributed by atoms with Crippen LogP contribution in [0.5, 0.6) is 0 Å². The van der Waals surface area contributed by atoms with Crippen molar-refractivity contribution in [1.29, 1.82) is 0 Å². The van der Waals surface area contributed by atoms with Crippen molar-refractivity contribution in [2.24, 2.45) is 0 Å². The summed E-state index contributed by atoms with van der Waals surface area (Å²) in [5.74, 6) is -0.194. The van der Waals surface area contributed by atoms with Crippen LogP contribution in [0.4, 0.5) is 0 Å². The number of nitrogens with zero attached hydrogens (tertiary/aromatic N) is 4. The summed E-state index contributed by atoms with van der Waals surface area (Å²) in [6.07, 6.45) is 1.57. The van der Waals surface area contributed by atoms with E-state index in [9.17, 15) is 9.59 Å². The summed E-state index contributed by atoms with van der Waals surface area (Å²) < 4.78 is 1.76. The lowest BCUT2D eigenvalue weighted by molar-refractivity contribution is -0.131. The molecule has 0 aliphatic carbocycles. The van der Waals surface area contributed by atoms with Gasteiger partial charge < -0.3 is 9.80 Å². The van der Waals surface area contributed by atoms with Gasteiger partial charge in [0.2, 0.25) is 5.91 Å². The Morgan fingerprint density at radius 1 is 1.15 bits per heavy atom. The maximum absolute atomic E-state index is 13.0. The Labute approximate surface area is 165 Å². The van der Waals surface area contributed by atoms with Gasteiger partial charge in [-0.25, -0.2) is 4.68 Å². The molecule has 0 aliphatic rings. The summed E-state index contributed by atoms with van der Waals surface area (Å²) in [6.45, 7) is 9.19. The van der Waals surface area contributed by atoms with E-state index in [0.717, 1.165) is 11.4 Å². The number of rotatable bonds is 7. The van der Waals surface area contributed by atoms with Crippen molar-refractivity contribution >= 4 is 23.4 Å². The summed E-state index contributed by atoms with van der Waals surface area (Å²) >= 11 is 5.97. The average molecular weight is 391 g/mol. The van der Waals surface area contributed by atoms with Crippen LogP contribution in [-0.2, 0) is 4.79 Å². The Balaban J connectivity index is 2.31. The van der Waals surface area contributed by atoms with Gasteiger partial charge in [0.25, 0.3) is 5.91 Å². The van der Waals surface area contributed by atoms with Crippen molar-refractivity contribution in [3.63, 3.8) is 0 Å². The minimum atomic E-state index is -0.209. The van der Waals surface area contributed by atoms with Gasteiger partial charge in [0.1, 0.15) is 0 Å². The number of benzene rings is 1. The fourth-order valence-corrected chi connectivity index (χ4v) is 3.15. The Kier molecular flexibility index (Phi) is 7.02. The first-order valence-corrected chi connectivity index (χ1v) is 9.54. The lowest BCUT2D eigenvalue weighted by atomic mass is 10.0. The van der Waals surface area contributed by atoms with Crippen LogP contribution < -0.4 is 0 Å². The Morgan fingerprint density at radius 3 is 2.26 bits per heavy atom. The van der Waals surface area contributed by atoms with E-state index in [4.69, 9.17) is 11.6 Å². The number of amides is 2. The highest BCUT2D eigenvalue weighted by atomic mass is 35.5. The SMILES string of the molecule is CCN(CC)C(=O)CN(C)C(=O)c1cnn(-c2ccc(Cl)cc2)c1C(C)C. The molecular weight excluding hydrogens is 364 g/mol. The van der Waals surface area contributed by atoms with E-state index in [0.29, 0.717) is 23.7 Å². The quantitative estimate of drug-likeness (QED) is 0.725. The number of hydrogen-bond donors (Lipinski definition) is 0. The van der Waals surface area contributed by atoms with Crippen molar-refractivity contribution in [3.8, 4) is 5.69 Å². The molecule has 0 radical (unpaired) electrons. The predicted octanol–water partition coefficient (Wildman–Crippen LogP) is 3.59. The van der Waals surface area contributed by atoms with Crippen LogP contribution in [0.2, 0.25) is 5.02 Å². The first-order valence-electron chi connectivity index (χ1n) is 9.17. The average Bonchev–Trinajstić information content (AvgIpc) is 3.07. The third-order valence-corrected chi connectivity index (χ3v) is 4.74. The molecule has 6 nitrogen and oxygen atoms in total. The first-order chi connectivity index (χ1) is 12.8. The van der Waals surface area contributed by atoms with Crippen LogP contribution in [0.15, 0.2) is 30.5 Å². The maximum Gasteiger partial charge on any atom is 0.257 e. The van der Waals surface area contributed by atoms with Gasteiger partial charge in [0.15, 0.2) is 0 Å². The van der Waals surface area contributed by atoms with Crippen LogP contribution in [0, 0.1) is 0 Å². The highest BCUT2D eigenvalue weighted by Crippen LogP contribution is 2.24. The number of aromatic nitrogens is 2. The largest absolute Gasteiger partial charge is 0.342 e. The fourth-order valence-electron chi connectivity index (χ4n) is 3.02. The second-order valence-electron chi connectivity index (χ2n) is 6.71. The van der Waals surface area contributed by atoms with Gasteiger partial charge in [-0.3, -0.25) is 9.59 Å².